The molecule has 8 heteroatoms. The van der Waals surface area contributed by atoms with Crippen molar-refractivity contribution in [2.45, 2.75) is 26.3 Å². The summed E-state index contributed by atoms with van der Waals surface area (Å²) in [7, 11) is 1.27. The molecule has 1 saturated heterocycles. The zero-order valence-corrected chi connectivity index (χ0v) is 15.4. The average Bonchev–Trinajstić information content (AvgIpc) is 3.20. The number of nitro groups is 1. The second-order valence-electron chi connectivity index (χ2n) is 6.46. The highest BCUT2D eigenvalue weighted by molar-refractivity contribution is 5.91. The summed E-state index contributed by atoms with van der Waals surface area (Å²) in [6.45, 7) is 4.23. The maximum Gasteiger partial charge on any atom is 0.337 e. The van der Waals surface area contributed by atoms with Crippen molar-refractivity contribution in [3.05, 3.63) is 57.3 Å². The van der Waals surface area contributed by atoms with E-state index in [0.29, 0.717) is 6.54 Å². The van der Waals surface area contributed by atoms with E-state index in [0.717, 1.165) is 43.0 Å². The van der Waals surface area contributed by atoms with Crippen molar-refractivity contribution in [2.75, 3.05) is 30.4 Å². The van der Waals surface area contributed by atoms with Gasteiger partial charge in [-0.25, -0.2) is 9.78 Å². The topological polar surface area (TPSA) is 97.6 Å². The van der Waals surface area contributed by atoms with E-state index in [4.69, 9.17) is 4.74 Å². The summed E-state index contributed by atoms with van der Waals surface area (Å²) in [6, 6.07) is 8.05. The number of nitrogens with zero attached hydrogens (tertiary/aromatic N) is 3. The third kappa shape index (κ3) is 4.16. The molecule has 0 amide bonds. The summed E-state index contributed by atoms with van der Waals surface area (Å²) < 4.78 is 4.70. The largest absolute Gasteiger partial charge is 0.465 e. The molecule has 2 aromatic rings. The molecule has 0 radical (unpaired) electrons. The van der Waals surface area contributed by atoms with Gasteiger partial charge in [-0.3, -0.25) is 10.1 Å². The number of carbonyl (C=O) groups excluding carboxylic acids is 1. The standard InChI is InChI=1S/C19H22N4O4/c1-13-5-6-15(18(21-13)22-9-3-4-10-22)12-20-16-11-14(19(24)27-2)7-8-17(16)23(25)26/h5-8,11,20H,3-4,9-10,12H2,1-2H3. The molecule has 1 fully saturated rings. The van der Waals surface area contributed by atoms with Crippen LogP contribution in [-0.4, -0.2) is 36.1 Å². The normalized spacial score (nSPS) is 13.5. The van der Waals surface area contributed by atoms with Crippen LogP contribution in [0.25, 0.3) is 0 Å². The first-order chi connectivity index (χ1) is 13.0. The van der Waals surface area contributed by atoms with Crippen LogP contribution in [0.15, 0.2) is 30.3 Å². The Balaban J connectivity index is 1.88. The highest BCUT2D eigenvalue weighted by Gasteiger charge is 2.20. The predicted octanol–water partition coefficient (Wildman–Crippen LogP) is 3.30. The van der Waals surface area contributed by atoms with Gasteiger partial charge in [-0.05, 0) is 38.0 Å². The Hall–Kier alpha value is -3.16. The van der Waals surface area contributed by atoms with Gasteiger partial charge in [0.1, 0.15) is 11.5 Å². The molecule has 8 nitrogen and oxygen atoms in total. The smallest absolute Gasteiger partial charge is 0.337 e. The fraction of sp³-hybridized carbons (Fsp3) is 0.368. The summed E-state index contributed by atoms with van der Waals surface area (Å²) >= 11 is 0. The molecule has 3 rings (SSSR count). The van der Waals surface area contributed by atoms with Crippen LogP contribution in [0, 0.1) is 17.0 Å². The molecular formula is C19H22N4O4. The molecule has 0 unspecified atom stereocenters. The molecule has 1 aliphatic rings. The van der Waals surface area contributed by atoms with Crippen LogP contribution in [0.5, 0.6) is 0 Å². The van der Waals surface area contributed by atoms with E-state index in [-0.39, 0.29) is 16.9 Å². The first-order valence-electron chi connectivity index (χ1n) is 8.81. The number of nitro benzene ring substituents is 1. The lowest BCUT2D eigenvalue weighted by molar-refractivity contribution is -0.384. The Morgan fingerprint density at radius 3 is 2.70 bits per heavy atom. The minimum absolute atomic E-state index is 0.0922. The molecule has 1 N–H and O–H groups in total. The number of pyridine rings is 1. The van der Waals surface area contributed by atoms with Crippen LogP contribution in [0.3, 0.4) is 0 Å². The molecule has 1 aliphatic heterocycles. The zero-order chi connectivity index (χ0) is 19.4. The van der Waals surface area contributed by atoms with E-state index < -0.39 is 10.9 Å². The quantitative estimate of drug-likeness (QED) is 0.473. The average molecular weight is 370 g/mol. The highest BCUT2D eigenvalue weighted by Crippen LogP contribution is 2.28. The molecule has 0 atom stereocenters. The van der Waals surface area contributed by atoms with Crippen molar-refractivity contribution >= 4 is 23.2 Å². The number of benzene rings is 1. The number of hydrogen-bond donors (Lipinski definition) is 1. The number of aryl methyl sites for hydroxylation is 1. The van der Waals surface area contributed by atoms with Gasteiger partial charge in [-0.1, -0.05) is 6.07 Å². The fourth-order valence-corrected chi connectivity index (χ4v) is 3.18. The van der Waals surface area contributed by atoms with E-state index in [9.17, 15) is 14.9 Å². The number of rotatable bonds is 6. The Labute approximate surface area is 157 Å². The molecular weight excluding hydrogens is 348 g/mol. The molecule has 2 heterocycles. The van der Waals surface area contributed by atoms with Crippen LogP contribution < -0.4 is 10.2 Å². The SMILES string of the molecule is COC(=O)c1ccc([N+](=O)[O-])c(NCc2ccc(C)nc2N2CCCC2)c1. The maximum atomic E-state index is 11.8. The summed E-state index contributed by atoms with van der Waals surface area (Å²) in [4.78, 5) is 29.5. The first-order valence-corrected chi connectivity index (χ1v) is 8.81. The van der Waals surface area contributed by atoms with E-state index in [1.54, 1.807) is 0 Å². The number of esters is 1. The van der Waals surface area contributed by atoms with Crippen molar-refractivity contribution in [3.63, 3.8) is 0 Å². The monoisotopic (exact) mass is 370 g/mol. The summed E-state index contributed by atoms with van der Waals surface area (Å²) in [6.07, 6.45) is 2.27. The number of ether oxygens (including phenoxy) is 1. The van der Waals surface area contributed by atoms with Gasteiger partial charge in [0.15, 0.2) is 0 Å². The highest BCUT2D eigenvalue weighted by atomic mass is 16.6. The van der Waals surface area contributed by atoms with E-state index in [1.807, 2.05) is 19.1 Å². The van der Waals surface area contributed by atoms with E-state index in [2.05, 4.69) is 15.2 Å². The molecule has 0 bridgehead atoms. The first kappa shape index (κ1) is 18.6. The lowest BCUT2D eigenvalue weighted by Gasteiger charge is -2.21. The van der Waals surface area contributed by atoms with Gasteiger partial charge < -0.3 is 15.0 Å². The third-order valence-electron chi connectivity index (χ3n) is 4.58. The van der Waals surface area contributed by atoms with Gasteiger partial charge >= 0.3 is 5.97 Å². The Morgan fingerprint density at radius 2 is 2.04 bits per heavy atom. The summed E-state index contributed by atoms with van der Waals surface area (Å²) in [5.41, 5.74) is 2.33. The maximum absolute atomic E-state index is 11.8. The van der Waals surface area contributed by atoms with Crippen molar-refractivity contribution < 1.29 is 14.5 Å². The molecule has 0 saturated carbocycles. The van der Waals surface area contributed by atoms with Gasteiger partial charge in [-0.2, -0.15) is 0 Å². The van der Waals surface area contributed by atoms with Crippen LogP contribution in [0.1, 0.15) is 34.5 Å². The van der Waals surface area contributed by atoms with Gasteiger partial charge in [0, 0.05) is 37.0 Å². The molecule has 142 valence electrons. The second-order valence-corrected chi connectivity index (χ2v) is 6.46. The van der Waals surface area contributed by atoms with Gasteiger partial charge in [0.05, 0.1) is 17.6 Å². The molecule has 1 aromatic heterocycles. The van der Waals surface area contributed by atoms with Crippen LogP contribution in [-0.2, 0) is 11.3 Å². The lowest BCUT2D eigenvalue weighted by Crippen LogP contribution is -2.22. The minimum atomic E-state index is -0.539. The minimum Gasteiger partial charge on any atom is -0.465 e. The Bertz CT molecular complexity index is 863. The van der Waals surface area contributed by atoms with Crippen molar-refractivity contribution in [1.82, 2.24) is 4.98 Å². The number of carbonyl (C=O) groups is 1. The molecule has 1 aromatic carbocycles. The summed E-state index contributed by atoms with van der Waals surface area (Å²) in [5, 5.41) is 14.4. The summed E-state index contributed by atoms with van der Waals surface area (Å²) in [5.74, 6) is 0.370. The van der Waals surface area contributed by atoms with Gasteiger partial charge in [0.25, 0.3) is 5.69 Å². The van der Waals surface area contributed by atoms with Crippen molar-refractivity contribution in [1.29, 1.82) is 0 Å². The zero-order valence-electron chi connectivity index (χ0n) is 15.4. The molecule has 0 spiro atoms. The fourth-order valence-electron chi connectivity index (χ4n) is 3.18. The Kier molecular flexibility index (Phi) is 5.54. The molecule has 0 aliphatic carbocycles. The number of aromatic nitrogens is 1. The second kappa shape index (κ2) is 8.03. The number of hydrogen-bond acceptors (Lipinski definition) is 7. The van der Waals surface area contributed by atoms with Gasteiger partial charge in [-0.15, -0.1) is 0 Å². The van der Waals surface area contributed by atoms with Crippen molar-refractivity contribution in [2.24, 2.45) is 0 Å². The number of anilines is 2. The van der Waals surface area contributed by atoms with Gasteiger partial charge in [0.2, 0.25) is 0 Å². The Morgan fingerprint density at radius 1 is 1.30 bits per heavy atom. The number of methoxy groups -OCH3 is 1. The molecule has 27 heavy (non-hydrogen) atoms. The lowest BCUT2D eigenvalue weighted by atomic mass is 10.1. The van der Waals surface area contributed by atoms with E-state index >= 15 is 0 Å². The van der Waals surface area contributed by atoms with Crippen LogP contribution in [0.4, 0.5) is 17.2 Å². The number of nitrogens with one attached hydrogen (secondary N) is 1. The predicted molar refractivity (Wildman–Crippen MR) is 102 cm³/mol. The van der Waals surface area contributed by atoms with E-state index in [1.165, 1.54) is 25.3 Å². The van der Waals surface area contributed by atoms with Crippen LogP contribution in [0.2, 0.25) is 0 Å². The van der Waals surface area contributed by atoms with Crippen LogP contribution >= 0.6 is 0 Å². The van der Waals surface area contributed by atoms with Crippen molar-refractivity contribution in [3.8, 4) is 0 Å². The third-order valence-corrected chi connectivity index (χ3v) is 4.58.